The molecule has 5 heteroatoms. The van der Waals surface area contributed by atoms with Crippen LogP contribution in [0, 0.1) is 5.41 Å². The van der Waals surface area contributed by atoms with Crippen molar-refractivity contribution in [1.29, 1.82) is 0 Å². The van der Waals surface area contributed by atoms with Crippen LogP contribution in [0.5, 0.6) is 0 Å². The van der Waals surface area contributed by atoms with Gasteiger partial charge in [0.15, 0.2) is 0 Å². The van der Waals surface area contributed by atoms with Gasteiger partial charge in [-0.2, -0.15) is 0 Å². The largest absolute Gasteiger partial charge is 0.481 e. The molecule has 1 aliphatic carbocycles. The van der Waals surface area contributed by atoms with Gasteiger partial charge < -0.3 is 15.2 Å². The number of nitrogens with one attached hydrogen (secondary N) is 1. The molecule has 0 saturated heterocycles. The number of carbonyl (C=O) groups is 2. The fourth-order valence-corrected chi connectivity index (χ4v) is 1.38. The zero-order valence-electron chi connectivity index (χ0n) is 7.50. The van der Waals surface area contributed by atoms with Crippen LogP contribution < -0.4 is 5.32 Å². The normalized spacial score (nSPS) is 18.5. The van der Waals surface area contributed by atoms with Gasteiger partial charge in [-0.25, -0.2) is 4.79 Å². The van der Waals surface area contributed by atoms with Crippen LogP contribution in [-0.4, -0.2) is 30.8 Å². The molecule has 1 rings (SSSR count). The molecule has 74 valence electrons. The molecule has 0 atom stereocenters. The molecule has 0 heterocycles. The van der Waals surface area contributed by atoms with E-state index in [4.69, 9.17) is 5.11 Å². The lowest BCUT2D eigenvalue weighted by Crippen LogP contribution is -2.47. The Balaban J connectivity index is 2.41. The molecule has 0 aromatic carbocycles. The summed E-state index contributed by atoms with van der Waals surface area (Å²) in [5, 5.41) is 11.3. The average Bonchev–Trinajstić information content (AvgIpc) is 2.01. The zero-order valence-corrected chi connectivity index (χ0v) is 7.50. The molecular weight excluding hydrogens is 174 g/mol. The SMILES string of the molecule is COC(=O)NCC1(C(=O)O)CCC1. The van der Waals surface area contributed by atoms with Crippen molar-refractivity contribution in [2.45, 2.75) is 19.3 Å². The van der Waals surface area contributed by atoms with E-state index in [1.165, 1.54) is 7.11 Å². The molecule has 1 fully saturated rings. The second kappa shape index (κ2) is 3.64. The summed E-state index contributed by atoms with van der Waals surface area (Å²) in [6.07, 6.45) is 1.60. The van der Waals surface area contributed by atoms with Gasteiger partial charge in [-0.3, -0.25) is 4.79 Å². The minimum atomic E-state index is -0.838. The lowest BCUT2D eigenvalue weighted by Gasteiger charge is -2.37. The highest BCUT2D eigenvalue weighted by Crippen LogP contribution is 2.40. The van der Waals surface area contributed by atoms with E-state index < -0.39 is 17.5 Å². The van der Waals surface area contributed by atoms with Crippen LogP contribution in [0.4, 0.5) is 4.79 Å². The third-order valence-electron chi connectivity index (χ3n) is 2.52. The highest BCUT2D eigenvalue weighted by atomic mass is 16.5. The van der Waals surface area contributed by atoms with Gasteiger partial charge in [0.05, 0.1) is 12.5 Å². The molecule has 1 amide bonds. The van der Waals surface area contributed by atoms with Crippen LogP contribution >= 0.6 is 0 Å². The maximum atomic E-state index is 10.8. The number of ether oxygens (including phenoxy) is 1. The van der Waals surface area contributed by atoms with Crippen molar-refractivity contribution < 1.29 is 19.4 Å². The van der Waals surface area contributed by atoms with Crippen LogP contribution in [0.15, 0.2) is 0 Å². The highest BCUT2D eigenvalue weighted by Gasteiger charge is 2.44. The summed E-state index contributed by atoms with van der Waals surface area (Å²) in [6.45, 7) is 0.162. The van der Waals surface area contributed by atoms with E-state index >= 15 is 0 Å². The second-order valence-corrected chi connectivity index (χ2v) is 3.28. The fraction of sp³-hybridized carbons (Fsp3) is 0.750. The highest BCUT2D eigenvalue weighted by molar-refractivity contribution is 5.77. The van der Waals surface area contributed by atoms with Gasteiger partial charge in [0, 0.05) is 6.54 Å². The summed E-state index contributed by atoms with van der Waals surface area (Å²) < 4.78 is 4.35. The number of hydrogen-bond acceptors (Lipinski definition) is 3. The molecule has 0 aliphatic heterocycles. The molecule has 2 N–H and O–H groups in total. The lowest BCUT2D eigenvalue weighted by molar-refractivity contribution is -0.153. The predicted octanol–water partition coefficient (Wildman–Crippen LogP) is 0.597. The molecule has 0 radical (unpaired) electrons. The van der Waals surface area contributed by atoms with Crippen molar-refractivity contribution >= 4 is 12.1 Å². The molecule has 1 saturated carbocycles. The Morgan fingerprint density at radius 1 is 1.54 bits per heavy atom. The van der Waals surface area contributed by atoms with Gasteiger partial charge >= 0.3 is 12.1 Å². The van der Waals surface area contributed by atoms with Crippen LogP contribution in [0.2, 0.25) is 0 Å². The number of rotatable bonds is 3. The van der Waals surface area contributed by atoms with E-state index in [1.807, 2.05) is 0 Å². The summed E-state index contributed by atoms with van der Waals surface area (Å²) in [5.74, 6) is -0.838. The first-order chi connectivity index (χ1) is 6.10. The van der Waals surface area contributed by atoms with E-state index in [0.717, 1.165) is 6.42 Å². The van der Waals surface area contributed by atoms with Gasteiger partial charge in [-0.1, -0.05) is 6.42 Å². The monoisotopic (exact) mass is 187 g/mol. The number of carboxylic acid groups (broad SMARTS) is 1. The first-order valence-corrected chi connectivity index (χ1v) is 4.16. The Morgan fingerprint density at radius 3 is 2.46 bits per heavy atom. The molecule has 0 unspecified atom stereocenters. The van der Waals surface area contributed by atoms with Crippen molar-refractivity contribution in [3.05, 3.63) is 0 Å². The quantitative estimate of drug-likeness (QED) is 0.678. The number of carbonyl (C=O) groups excluding carboxylic acids is 1. The minimum absolute atomic E-state index is 0.162. The Labute approximate surface area is 76.1 Å². The first-order valence-electron chi connectivity index (χ1n) is 4.16. The molecule has 1 aliphatic rings. The predicted molar refractivity (Wildman–Crippen MR) is 44.3 cm³/mol. The Kier molecular flexibility index (Phi) is 2.75. The van der Waals surface area contributed by atoms with Crippen molar-refractivity contribution in [2.75, 3.05) is 13.7 Å². The zero-order chi connectivity index (χ0) is 9.90. The van der Waals surface area contributed by atoms with Crippen LogP contribution in [0.25, 0.3) is 0 Å². The van der Waals surface area contributed by atoms with Crippen molar-refractivity contribution in [2.24, 2.45) is 5.41 Å². The van der Waals surface area contributed by atoms with Crippen LogP contribution in [-0.2, 0) is 9.53 Å². The maximum Gasteiger partial charge on any atom is 0.406 e. The van der Waals surface area contributed by atoms with E-state index in [9.17, 15) is 9.59 Å². The summed E-state index contributed by atoms with van der Waals surface area (Å²) in [5.41, 5.74) is -0.742. The summed E-state index contributed by atoms with van der Waals surface area (Å²) in [6, 6.07) is 0. The molecule has 0 spiro atoms. The van der Waals surface area contributed by atoms with Gasteiger partial charge in [0.1, 0.15) is 0 Å². The number of carboxylic acids is 1. The number of alkyl carbamates (subject to hydrolysis) is 1. The summed E-state index contributed by atoms with van der Waals surface area (Å²) >= 11 is 0. The van der Waals surface area contributed by atoms with Gasteiger partial charge in [0.25, 0.3) is 0 Å². The average molecular weight is 187 g/mol. The smallest absolute Gasteiger partial charge is 0.406 e. The molecule has 0 bridgehead atoms. The standard InChI is InChI=1S/C8H13NO4/c1-13-7(12)9-5-8(6(10)11)3-2-4-8/h2-5H2,1H3,(H,9,12)(H,10,11). The van der Waals surface area contributed by atoms with Crippen LogP contribution in [0.1, 0.15) is 19.3 Å². The Morgan fingerprint density at radius 2 is 2.15 bits per heavy atom. The van der Waals surface area contributed by atoms with E-state index in [0.29, 0.717) is 12.8 Å². The molecule has 13 heavy (non-hydrogen) atoms. The van der Waals surface area contributed by atoms with Gasteiger partial charge in [-0.15, -0.1) is 0 Å². The second-order valence-electron chi connectivity index (χ2n) is 3.28. The number of methoxy groups -OCH3 is 1. The van der Waals surface area contributed by atoms with Crippen LogP contribution in [0.3, 0.4) is 0 Å². The molecule has 0 aromatic heterocycles. The molecular formula is C8H13NO4. The molecule has 0 aromatic rings. The van der Waals surface area contributed by atoms with Crippen molar-refractivity contribution in [3.8, 4) is 0 Å². The third kappa shape index (κ3) is 1.91. The van der Waals surface area contributed by atoms with Crippen molar-refractivity contribution in [1.82, 2.24) is 5.32 Å². The number of hydrogen-bond donors (Lipinski definition) is 2. The topological polar surface area (TPSA) is 75.6 Å². The van der Waals surface area contributed by atoms with Crippen molar-refractivity contribution in [3.63, 3.8) is 0 Å². The summed E-state index contributed by atoms with van der Waals surface area (Å²) in [7, 11) is 1.25. The van der Waals surface area contributed by atoms with E-state index in [-0.39, 0.29) is 6.54 Å². The van der Waals surface area contributed by atoms with E-state index in [2.05, 4.69) is 10.1 Å². The first kappa shape index (κ1) is 9.83. The fourth-order valence-electron chi connectivity index (χ4n) is 1.38. The Hall–Kier alpha value is -1.26. The number of amides is 1. The number of aliphatic carboxylic acids is 1. The van der Waals surface area contributed by atoms with Gasteiger partial charge in [0.2, 0.25) is 0 Å². The van der Waals surface area contributed by atoms with Gasteiger partial charge in [-0.05, 0) is 12.8 Å². The molecule has 5 nitrogen and oxygen atoms in total. The third-order valence-corrected chi connectivity index (χ3v) is 2.52. The summed E-state index contributed by atoms with van der Waals surface area (Å²) in [4.78, 5) is 21.5. The Bertz CT molecular complexity index is 222. The minimum Gasteiger partial charge on any atom is -0.481 e. The van der Waals surface area contributed by atoms with E-state index in [1.54, 1.807) is 0 Å². The lowest BCUT2D eigenvalue weighted by atomic mass is 9.69. The maximum absolute atomic E-state index is 10.8.